The van der Waals surface area contributed by atoms with Gasteiger partial charge < -0.3 is 10.4 Å². The van der Waals surface area contributed by atoms with E-state index in [1.165, 1.54) is 0 Å². The normalized spacial score (nSPS) is 14.7. The van der Waals surface area contributed by atoms with Crippen LogP contribution in [0.25, 0.3) is 0 Å². The topological polar surface area (TPSA) is 45.1 Å². The number of pyridine rings is 1. The standard InChI is InChI=1S/C11H17ClN2O/c1-3-11(2,5-7-15)14-10-4-6-13-8-9(10)12/h4,6,8,15H,3,5,7H2,1-2H3,(H,13,14). The van der Waals surface area contributed by atoms with Crippen LogP contribution >= 0.6 is 11.6 Å². The Labute approximate surface area is 95.5 Å². The third-order valence-electron chi connectivity index (χ3n) is 2.65. The predicted octanol–water partition coefficient (Wildman–Crippen LogP) is 2.70. The summed E-state index contributed by atoms with van der Waals surface area (Å²) in [5.74, 6) is 0. The highest BCUT2D eigenvalue weighted by Gasteiger charge is 2.21. The molecule has 0 spiro atoms. The average molecular weight is 229 g/mol. The first-order valence-corrected chi connectivity index (χ1v) is 5.47. The number of nitrogens with zero attached hydrogens (tertiary/aromatic N) is 1. The maximum Gasteiger partial charge on any atom is 0.0820 e. The Balaban J connectivity index is 2.79. The number of rotatable bonds is 5. The minimum Gasteiger partial charge on any atom is -0.396 e. The maximum atomic E-state index is 8.99. The van der Waals surface area contributed by atoms with Gasteiger partial charge in [-0.2, -0.15) is 0 Å². The lowest BCUT2D eigenvalue weighted by molar-refractivity contribution is 0.252. The zero-order valence-corrected chi connectivity index (χ0v) is 9.88. The van der Waals surface area contributed by atoms with Crippen molar-refractivity contribution in [2.45, 2.75) is 32.2 Å². The average Bonchev–Trinajstić information content (AvgIpc) is 2.22. The summed E-state index contributed by atoms with van der Waals surface area (Å²) in [6, 6.07) is 1.84. The first kappa shape index (κ1) is 12.3. The highest BCUT2D eigenvalue weighted by Crippen LogP contribution is 2.26. The van der Waals surface area contributed by atoms with Gasteiger partial charge in [-0.1, -0.05) is 18.5 Å². The smallest absolute Gasteiger partial charge is 0.0820 e. The largest absolute Gasteiger partial charge is 0.396 e. The van der Waals surface area contributed by atoms with Gasteiger partial charge in [0, 0.05) is 24.5 Å². The number of halogens is 1. The maximum absolute atomic E-state index is 8.99. The van der Waals surface area contributed by atoms with Crippen LogP contribution in [0.2, 0.25) is 5.02 Å². The van der Waals surface area contributed by atoms with Gasteiger partial charge in [0.15, 0.2) is 0 Å². The van der Waals surface area contributed by atoms with E-state index in [2.05, 4.69) is 24.1 Å². The van der Waals surface area contributed by atoms with E-state index in [1.54, 1.807) is 12.4 Å². The number of nitrogens with one attached hydrogen (secondary N) is 1. The molecule has 1 heterocycles. The van der Waals surface area contributed by atoms with Crippen molar-refractivity contribution in [3.8, 4) is 0 Å². The minimum absolute atomic E-state index is 0.125. The SMILES string of the molecule is CCC(C)(CCO)Nc1ccncc1Cl. The number of aromatic nitrogens is 1. The van der Waals surface area contributed by atoms with Crippen LogP contribution < -0.4 is 5.32 Å². The van der Waals surface area contributed by atoms with E-state index in [1.807, 2.05) is 6.07 Å². The van der Waals surface area contributed by atoms with Gasteiger partial charge in [-0.15, -0.1) is 0 Å². The number of aliphatic hydroxyl groups excluding tert-OH is 1. The van der Waals surface area contributed by atoms with Crippen molar-refractivity contribution < 1.29 is 5.11 Å². The molecule has 15 heavy (non-hydrogen) atoms. The quantitative estimate of drug-likeness (QED) is 0.815. The van der Waals surface area contributed by atoms with Crippen LogP contribution in [0, 0.1) is 0 Å². The van der Waals surface area contributed by atoms with Crippen LogP contribution in [-0.2, 0) is 0 Å². The van der Waals surface area contributed by atoms with E-state index in [-0.39, 0.29) is 12.1 Å². The fourth-order valence-corrected chi connectivity index (χ4v) is 1.54. The summed E-state index contributed by atoms with van der Waals surface area (Å²) in [6.07, 6.45) is 4.93. The number of anilines is 1. The molecule has 1 aromatic heterocycles. The molecule has 1 atom stereocenters. The highest BCUT2D eigenvalue weighted by molar-refractivity contribution is 6.33. The van der Waals surface area contributed by atoms with Crippen LogP contribution in [0.15, 0.2) is 18.5 Å². The predicted molar refractivity (Wildman–Crippen MR) is 63.3 cm³/mol. The monoisotopic (exact) mass is 228 g/mol. The van der Waals surface area contributed by atoms with Crippen molar-refractivity contribution in [1.29, 1.82) is 0 Å². The lowest BCUT2D eigenvalue weighted by atomic mass is 9.94. The van der Waals surface area contributed by atoms with E-state index in [4.69, 9.17) is 16.7 Å². The molecular weight excluding hydrogens is 212 g/mol. The molecule has 2 N–H and O–H groups in total. The van der Waals surface area contributed by atoms with Crippen molar-refractivity contribution in [2.24, 2.45) is 0 Å². The van der Waals surface area contributed by atoms with Crippen LogP contribution in [0.3, 0.4) is 0 Å². The van der Waals surface area contributed by atoms with E-state index >= 15 is 0 Å². The summed E-state index contributed by atoms with van der Waals surface area (Å²) < 4.78 is 0. The van der Waals surface area contributed by atoms with Crippen LogP contribution in [0.5, 0.6) is 0 Å². The number of hydrogen-bond acceptors (Lipinski definition) is 3. The van der Waals surface area contributed by atoms with Crippen LogP contribution in [0.1, 0.15) is 26.7 Å². The molecule has 0 radical (unpaired) electrons. The first-order valence-electron chi connectivity index (χ1n) is 5.10. The third-order valence-corrected chi connectivity index (χ3v) is 2.95. The molecule has 1 aromatic rings. The zero-order chi connectivity index (χ0) is 11.3. The molecule has 0 amide bonds. The van der Waals surface area contributed by atoms with Gasteiger partial charge in [0.25, 0.3) is 0 Å². The molecule has 1 unspecified atom stereocenters. The van der Waals surface area contributed by atoms with Crippen molar-refractivity contribution in [3.05, 3.63) is 23.5 Å². The summed E-state index contributed by atoms with van der Waals surface area (Å²) in [5, 5.41) is 12.9. The second-order valence-electron chi connectivity index (χ2n) is 3.87. The molecular formula is C11H17ClN2O. The van der Waals surface area contributed by atoms with E-state index in [0.29, 0.717) is 11.4 Å². The van der Waals surface area contributed by atoms with Crippen molar-refractivity contribution in [3.63, 3.8) is 0 Å². The Morgan fingerprint density at radius 1 is 1.60 bits per heavy atom. The van der Waals surface area contributed by atoms with Gasteiger partial charge in [-0.05, 0) is 25.8 Å². The van der Waals surface area contributed by atoms with Crippen molar-refractivity contribution >= 4 is 17.3 Å². The first-order chi connectivity index (χ1) is 7.11. The fourth-order valence-electron chi connectivity index (χ4n) is 1.38. The minimum atomic E-state index is -0.125. The Morgan fingerprint density at radius 2 is 2.33 bits per heavy atom. The summed E-state index contributed by atoms with van der Waals surface area (Å²) in [4.78, 5) is 3.93. The molecule has 4 heteroatoms. The van der Waals surface area contributed by atoms with Crippen molar-refractivity contribution in [1.82, 2.24) is 4.98 Å². The lowest BCUT2D eigenvalue weighted by Gasteiger charge is -2.30. The van der Waals surface area contributed by atoms with E-state index < -0.39 is 0 Å². The Hall–Kier alpha value is -0.800. The van der Waals surface area contributed by atoms with Crippen molar-refractivity contribution in [2.75, 3.05) is 11.9 Å². The molecule has 0 saturated heterocycles. The summed E-state index contributed by atoms with van der Waals surface area (Å²) >= 11 is 6.00. The van der Waals surface area contributed by atoms with Gasteiger partial charge in [0.2, 0.25) is 0 Å². The molecule has 84 valence electrons. The van der Waals surface area contributed by atoms with Gasteiger partial charge in [0.1, 0.15) is 0 Å². The zero-order valence-electron chi connectivity index (χ0n) is 9.13. The van der Waals surface area contributed by atoms with Crippen LogP contribution in [0.4, 0.5) is 5.69 Å². The third kappa shape index (κ3) is 3.36. The Kier molecular flexibility index (Phi) is 4.36. The Morgan fingerprint density at radius 3 is 2.87 bits per heavy atom. The van der Waals surface area contributed by atoms with Gasteiger partial charge >= 0.3 is 0 Å². The molecule has 0 aliphatic carbocycles. The summed E-state index contributed by atoms with van der Waals surface area (Å²) in [5.41, 5.74) is 0.740. The molecule has 1 rings (SSSR count). The lowest BCUT2D eigenvalue weighted by Crippen LogP contribution is -2.35. The van der Waals surface area contributed by atoms with Gasteiger partial charge in [0.05, 0.1) is 10.7 Å². The Bertz CT molecular complexity index is 319. The van der Waals surface area contributed by atoms with Crippen LogP contribution in [-0.4, -0.2) is 22.2 Å². The molecule has 0 aromatic carbocycles. The molecule has 0 aliphatic heterocycles. The molecule has 0 saturated carbocycles. The molecule has 0 fully saturated rings. The second kappa shape index (κ2) is 5.33. The number of hydrogen-bond donors (Lipinski definition) is 2. The van der Waals surface area contributed by atoms with Gasteiger partial charge in [-0.3, -0.25) is 4.98 Å². The fraction of sp³-hybridized carbons (Fsp3) is 0.545. The highest BCUT2D eigenvalue weighted by atomic mass is 35.5. The van der Waals surface area contributed by atoms with E-state index in [0.717, 1.165) is 12.1 Å². The van der Waals surface area contributed by atoms with E-state index in [9.17, 15) is 0 Å². The number of aliphatic hydroxyl groups is 1. The molecule has 0 bridgehead atoms. The summed E-state index contributed by atoms with van der Waals surface area (Å²) in [6.45, 7) is 4.32. The summed E-state index contributed by atoms with van der Waals surface area (Å²) in [7, 11) is 0. The van der Waals surface area contributed by atoms with Gasteiger partial charge in [-0.25, -0.2) is 0 Å². The second-order valence-corrected chi connectivity index (χ2v) is 4.28. The molecule has 3 nitrogen and oxygen atoms in total. The molecule has 0 aliphatic rings.